The van der Waals surface area contributed by atoms with E-state index in [2.05, 4.69) is 19.2 Å². The van der Waals surface area contributed by atoms with Crippen molar-refractivity contribution in [3.05, 3.63) is 0 Å². The Morgan fingerprint density at radius 1 is 1.16 bits per heavy atom. The molecule has 1 unspecified atom stereocenters. The van der Waals surface area contributed by atoms with E-state index in [9.17, 15) is 4.79 Å². The fourth-order valence-corrected chi connectivity index (χ4v) is 1.55. The minimum atomic E-state index is -0.706. The summed E-state index contributed by atoms with van der Waals surface area (Å²) in [6.07, 6.45) is 4.78. The molecule has 0 aliphatic heterocycles. The van der Waals surface area contributed by atoms with Gasteiger partial charge < -0.3 is 15.2 Å². The Labute approximate surface area is 118 Å². The van der Waals surface area contributed by atoms with Gasteiger partial charge in [-0.1, -0.05) is 34.1 Å². The highest BCUT2D eigenvalue weighted by Crippen LogP contribution is 2.06. The Hall–Kier alpha value is -0.610. The molecule has 0 heterocycles. The van der Waals surface area contributed by atoms with Crippen LogP contribution in [-0.4, -0.2) is 37.4 Å². The third-order valence-corrected chi connectivity index (χ3v) is 2.65. The summed E-state index contributed by atoms with van der Waals surface area (Å²) in [5, 5.41) is 12.2. The average molecular weight is 275 g/mol. The van der Waals surface area contributed by atoms with Crippen molar-refractivity contribution in [3.8, 4) is 0 Å². The normalized spacial score (nSPS) is 11.6. The summed E-state index contributed by atoms with van der Waals surface area (Å²) >= 11 is 0. The van der Waals surface area contributed by atoms with Gasteiger partial charge in [-0.2, -0.15) is 0 Å². The lowest BCUT2D eigenvalue weighted by molar-refractivity contribution is -0.141. The first-order valence-corrected chi connectivity index (χ1v) is 7.73. The highest BCUT2D eigenvalue weighted by atomic mass is 16.5. The Balaban J connectivity index is 0. The summed E-state index contributed by atoms with van der Waals surface area (Å²) in [6.45, 7) is 11.1. The molecule has 0 aromatic carbocycles. The smallest absolute Gasteiger partial charge is 0.307 e. The van der Waals surface area contributed by atoms with Gasteiger partial charge in [0.05, 0.1) is 5.92 Å². The minimum absolute atomic E-state index is 0.281. The van der Waals surface area contributed by atoms with Crippen LogP contribution in [0, 0.1) is 5.92 Å². The van der Waals surface area contributed by atoms with Crippen molar-refractivity contribution in [2.24, 2.45) is 5.92 Å². The Kier molecular flexibility index (Phi) is 18.9. The van der Waals surface area contributed by atoms with Crippen molar-refractivity contribution in [2.45, 2.75) is 59.8 Å². The standard InChI is InChI=1S/C13H27NO3.C2H6/c1-3-5-9-17-10-6-7-12(13(15)16)11-14-8-4-2;1-2/h12,14H,3-11H2,1-2H3,(H,15,16);1-2H3. The third kappa shape index (κ3) is 15.3. The average Bonchev–Trinajstić information content (AvgIpc) is 2.42. The van der Waals surface area contributed by atoms with E-state index in [-0.39, 0.29) is 5.92 Å². The zero-order valence-corrected chi connectivity index (χ0v) is 13.2. The zero-order valence-electron chi connectivity index (χ0n) is 13.2. The van der Waals surface area contributed by atoms with Crippen LogP contribution in [0.2, 0.25) is 0 Å². The van der Waals surface area contributed by atoms with E-state index in [4.69, 9.17) is 9.84 Å². The monoisotopic (exact) mass is 275 g/mol. The molecule has 0 rings (SSSR count). The molecule has 1 atom stereocenters. The highest BCUT2D eigenvalue weighted by Gasteiger charge is 2.15. The van der Waals surface area contributed by atoms with Crippen LogP contribution in [0.1, 0.15) is 59.8 Å². The molecule has 0 radical (unpaired) electrons. The Morgan fingerprint density at radius 2 is 1.79 bits per heavy atom. The molecular formula is C15H33NO3. The lowest BCUT2D eigenvalue weighted by Crippen LogP contribution is -2.29. The molecule has 4 heteroatoms. The van der Waals surface area contributed by atoms with Crippen molar-refractivity contribution in [3.63, 3.8) is 0 Å². The number of carboxylic acid groups (broad SMARTS) is 1. The molecule has 0 spiro atoms. The molecule has 2 N–H and O–H groups in total. The summed E-state index contributed by atoms with van der Waals surface area (Å²) in [5.74, 6) is -0.988. The van der Waals surface area contributed by atoms with Gasteiger partial charge >= 0.3 is 5.97 Å². The van der Waals surface area contributed by atoms with Crippen LogP contribution in [0.3, 0.4) is 0 Å². The number of rotatable bonds is 12. The van der Waals surface area contributed by atoms with E-state index >= 15 is 0 Å². The maximum Gasteiger partial charge on any atom is 0.307 e. The van der Waals surface area contributed by atoms with Crippen LogP contribution < -0.4 is 5.32 Å². The number of unbranched alkanes of at least 4 members (excludes halogenated alkanes) is 1. The number of carbonyl (C=O) groups is 1. The fourth-order valence-electron chi connectivity index (χ4n) is 1.55. The number of ether oxygens (including phenoxy) is 1. The molecule has 4 nitrogen and oxygen atoms in total. The van der Waals surface area contributed by atoms with Gasteiger partial charge in [0.15, 0.2) is 0 Å². The Morgan fingerprint density at radius 3 is 2.32 bits per heavy atom. The van der Waals surface area contributed by atoms with Crippen molar-refractivity contribution in [1.29, 1.82) is 0 Å². The summed E-state index contributed by atoms with van der Waals surface area (Å²) in [7, 11) is 0. The molecule has 0 saturated heterocycles. The summed E-state index contributed by atoms with van der Waals surface area (Å²) in [6, 6.07) is 0. The van der Waals surface area contributed by atoms with Gasteiger partial charge in [-0.05, 0) is 32.2 Å². The molecule has 0 saturated carbocycles. The molecule has 116 valence electrons. The van der Waals surface area contributed by atoms with E-state index < -0.39 is 5.97 Å². The molecular weight excluding hydrogens is 242 g/mol. The first-order valence-electron chi connectivity index (χ1n) is 7.73. The van der Waals surface area contributed by atoms with Gasteiger partial charge in [-0.3, -0.25) is 4.79 Å². The van der Waals surface area contributed by atoms with Crippen LogP contribution in [-0.2, 0) is 9.53 Å². The maximum atomic E-state index is 11.0. The van der Waals surface area contributed by atoms with Crippen LogP contribution in [0.4, 0.5) is 0 Å². The SMILES string of the molecule is CC.CCCCOCCCC(CNCCC)C(=O)O. The summed E-state index contributed by atoms with van der Waals surface area (Å²) in [5.41, 5.74) is 0. The van der Waals surface area contributed by atoms with Gasteiger partial charge in [0, 0.05) is 19.8 Å². The van der Waals surface area contributed by atoms with Crippen LogP contribution in [0.25, 0.3) is 0 Å². The molecule has 19 heavy (non-hydrogen) atoms. The van der Waals surface area contributed by atoms with Gasteiger partial charge in [0.2, 0.25) is 0 Å². The second kappa shape index (κ2) is 17.4. The lowest BCUT2D eigenvalue weighted by Gasteiger charge is -2.13. The van der Waals surface area contributed by atoms with Crippen LogP contribution in [0.5, 0.6) is 0 Å². The Bertz CT molecular complexity index is 186. The van der Waals surface area contributed by atoms with Gasteiger partial charge in [-0.15, -0.1) is 0 Å². The second-order valence-corrected chi connectivity index (χ2v) is 4.35. The molecule has 0 bridgehead atoms. The maximum absolute atomic E-state index is 11.0. The molecule has 0 aliphatic rings. The topological polar surface area (TPSA) is 58.6 Å². The fraction of sp³-hybridized carbons (Fsp3) is 0.933. The van der Waals surface area contributed by atoms with Gasteiger partial charge in [-0.25, -0.2) is 0 Å². The largest absolute Gasteiger partial charge is 0.481 e. The van der Waals surface area contributed by atoms with E-state index in [0.717, 1.165) is 38.8 Å². The minimum Gasteiger partial charge on any atom is -0.481 e. The number of hydrogen-bond acceptors (Lipinski definition) is 3. The molecule has 0 aromatic heterocycles. The van der Waals surface area contributed by atoms with Crippen LogP contribution >= 0.6 is 0 Å². The van der Waals surface area contributed by atoms with Crippen molar-refractivity contribution < 1.29 is 14.6 Å². The molecule has 0 aromatic rings. The van der Waals surface area contributed by atoms with Gasteiger partial charge in [0.25, 0.3) is 0 Å². The predicted octanol–water partition coefficient (Wildman–Crippen LogP) is 3.31. The molecule has 0 fully saturated rings. The predicted molar refractivity (Wildman–Crippen MR) is 80.6 cm³/mol. The van der Waals surface area contributed by atoms with E-state index in [1.165, 1.54) is 0 Å². The van der Waals surface area contributed by atoms with Crippen molar-refractivity contribution >= 4 is 5.97 Å². The van der Waals surface area contributed by atoms with Crippen molar-refractivity contribution in [2.75, 3.05) is 26.3 Å². The highest BCUT2D eigenvalue weighted by molar-refractivity contribution is 5.70. The van der Waals surface area contributed by atoms with Crippen molar-refractivity contribution in [1.82, 2.24) is 5.32 Å². The second-order valence-electron chi connectivity index (χ2n) is 4.35. The summed E-state index contributed by atoms with van der Waals surface area (Å²) in [4.78, 5) is 11.0. The number of hydrogen-bond donors (Lipinski definition) is 2. The zero-order chi connectivity index (χ0) is 14.9. The third-order valence-electron chi connectivity index (χ3n) is 2.65. The van der Waals surface area contributed by atoms with E-state index in [1.807, 2.05) is 13.8 Å². The molecule has 0 amide bonds. The first-order chi connectivity index (χ1) is 9.22. The van der Waals surface area contributed by atoms with E-state index in [1.54, 1.807) is 0 Å². The lowest BCUT2D eigenvalue weighted by atomic mass is 10.0. The summed E-state index contributed by atoms with van der Waals surface area (Å²) < 4.78 is 5.42. The molecule has 0 aliphatic carbocycles. The number of aliphatic carboxylic acids is 1. The van der Waals surface area contributed by atoms with E-state index in [0.29, 0.717) is 19.6 Å². The number of carboxylic acids is 1. The number of nitrogens with one attached hydrogen (secondary N) is 1. The van der Waals surface area contributed by atoms with Crippen LogP contribution in [0.15, 0.2) is 0 Å². The first kappa shape index (κ1) is 20.7. The van der Waals surface area contributed by atoms with Gasteiger partial charge in [0.1, 0.15) is 0 Å². The quantitative estimate of drug-likeness (QED) is 0.536.